The average Bonchev–Trinajstić information content (AvgIpc) is 2.74. The summed E-state index contributed by atoms with van der Waals surface area (Å²) in [5.41, 5.74) is 3.32. The number of thioether (sulfide) groups is 1. The molecular formula is C23H27N3O2S. The first-order chi connectivity index (χ1) is 14.1. The van der Waals surface area contributed by atoms with Crippen LogP contribution in [0.15, 0.2) is 53.3 Å². The monoisotopic (exact) mass is 409 g/mol. The zero-order valence-corrected chi connectivity index (χ0v) is 17.8. The predicted octanol–water partition coefficient (Wildman–Crippen LogP) is 4.02. The van der Waals surface area contributed by atoms with Gasteiger partial charge >= 0.3 is 0 Å². The van der Waals surface area contributed by atoms with Gasteiger partial charge in [-0.15, -0.1) is 0 Å². The van der Waals surface area contributed by atoms with E-state index in [-0.39, 0.29) is 11.5 Å². The molecule has 0 fully saturated rings. The van der Waals surface area contributed by atoms with Gasteiger partial charge in [-0.25, -0.2) is 4.98 Å². The molecule has 0 radical (unpaired) electrons. The lowest BCUT2D eigenvalue weighted by Crippen LogP contribution is -2.26. The smallest absolute Gasteiger partial charge is 0.272 e. The Balaban J connectivity index is 1.78. The number of fused-ring (bicyclic) bond motifs is 1. The number of nitrogens with zero attached hydrogens (tertiary/aromatic N) is 2. The Bertz CT molecular complexity index is 1030. The van der Waals surface area contributed by atoms with Crippen LogP contribution in [0.3, 0.4) is 0 Å². The molecule has 0 spiro atoms. The quantitative estimate of drug-likeness (QED) is 0.542. The summed E-state index contributed by atoms with van der Waals surface area (Å²) in [5.74, 6) is 2.11. The minimum atomic E-state index is -0.108. The van der Waals surface area contributed by atoms with Crippen LogP contribution in [0.25, 0.3) is 11.0 Å². The van der Waals surface area contributed by atoms with Crippen molar-refractivity contribution in [2.45, 2.75) is 33.2 Å². The van der Waals surface area contributed by atoms with E-state index in [1.807, 2.05) is 48.2 Å². The Kier molecular flexibility index (Phi) is 7.47. The van der Waals surface area contributed by atoms with Crippen LogP contribution in [-0.2, 0) is 6.54 Å². The number of nitrogens with one attached hydrogen (secondary N) is 1. The minimum Gasteiger partial charge on any atom is -0.352 e. The molecule has 0 aliphatic carbocycles. The van der Waals surface area contributed by atoms with E-state index in [2.05, 4.69) is 17.2 Å². The highest BCUT2D eigenvalue weighted by molar-refractivity contribution is 7.99. The normalized spacial score (nSPS) is 11.0. The lowest BCUT2D eigenvalue weighted by atomic mass is 10.1. The van der Waals surface area contributed by atoms with Crippen molar-refractivity contribution >= 4 is 28.7 Å². The SMILES string of the molecule is CCCSCCCNC(=O)c1ccc2c(c1)nc(C)c(=O)n2Cc1ccccc1. The van der Waals surface area contributed by atoms with Gasteiger partial charge in [0.1, 0.15) is 5.69 Å². The molecule has 152 valence electrons. The number of carbonyl (C=O) groups is 1. The van der Waals surface area contributed by atoms with Crippen LogP contribution >= 0.6 is 11.8 Å². The van der Waals surface area contributed by atoms with Gasteiger partial charge in [-0.3, -0.25) is 9.59 Å². The first-order valence-electron chi connectivity index (χ1n) is 10.0. The van der Waals surface area contributed by atoms with Crippen molar-refractivity contribution in [1.82, 2.24) is 14.9 Å². The predicted molar refractivity (Wildman–Crippen MR) is 121 cm³/mol. The zero-order chi connectivity index (χ0) is 20.6. The molecule has 0 atom stereocenters. The van der Waals surface area contributed by atoms with Crippen LogP contribution in [0.4, 0.5) is 0 Å². The first kappa shape index (κ1) is 21.1. The lowest BCUT2D eigenvalue weighted by Gasteiger charge is -2.12. The Morgan fingerprint density at radius 1 is 1.14 bits per heavy atom. The van der Waals surface area contributed by atoms with Gasteiger partial charge in [0.15, 0.2) is 0 Å². The van der Waals surface area contributed by atoms with Crippen molar-refractivity contribution in [3.63, 3.8) is 0 Å². The Labute approximate surface area is 175 Å². The Hall–Kier alpha value is -2.60. The van der Waals surface area contributed by atoms with Crippen LogP contribution in [0.5, 0.6) is 0 Å². The maximum absolute atomic E-state index is 12.7. The fraction of sp³-hybridized carbons (Fsp3) is 0.348. The topological polar surface area (TPSA) is 64.0 Å². The van der Waals surface area contributed by atoms with Crippen LogP contribution in [-0.4, -0.2) is 33.5 Å². The molecule has 0 saturated carbocycles. The summed E-state index contributed by atoms with van der Waals surface area (Å²) >= 11 is 1.91. The molecule has 1 N–H and O–H groups in total. The number of amides is 1. The third-order valence-electron chi connectivity index (χ3n) is 4.65. The molecule has 0 saturated heterocycles. The van der Waals surface area contributed by atoms with Gasteiger partial charge in [-0.1, -0.05) is 37.3 Å². The van der Waals surface area contributed by atoms with Gasteiger partial charge in [0.2, 0.25) is 0 Å². The fourth-order valence-corrected chi connectivity index (χ4v) is 4.00. The van der Waals surface area contributed by atoms with Crippen molar-refractivity contribution < 1.29 is 4.79 Å². The van der Waals surface area contributed by atoms with Crippen molar-refractivity contribution in [1.29, 1.82) is 0 Å². The standard InChI is InChI=1S/C23H27N3O2S/c1-3-13-29-14-7-12-24-22(27)19-10-11-21-20(15-19)25-17(2)23(28)26(21)16-18-8-5-4-6-9-18/h4-6,8-11,15H,3,7,12-14,16H2,1-2H3,(H,24,27). The second kappa shape index (κ2) is 10.3. The van der Waals surface area contributed by atoms with Crippen molar-refractivity contribution in [2.75, 3.05) is 18.1 Å². The summed E-state index contributed by atoms with van der Waals surface area (Å²) < 4.78 is 1.72. The second-order valence-electron chi connectivity index (χ2n) is 7.00. The molecule has 0 aliphatic heterocycles. The molecular weight excluding hydrogens is 382 g/mol. The van der Waals surface area contributed by atoms with Crippen molar-refractivity contribution in [3.8, 4) is 0 Å². The van der Waals surface area contributed by atoms with E-state index in [1.54, 1.807) is 23.6 Å². The minimum absolute atomic E-state index is 0.104. The maximum atomic E-state index is 12.7. The third kappa shape index (κ3) is 5.48. The molecule has 3 aromatic rings. The highest BCUT2D eigenvalue weighted by atomic mass is 32.2. The third-order valence-corrected chi connectivity index (χ3v) is 5.93. The van der Waals surface area contributed by atoms with E-state index in [0.29, 0.717) is 29.9 Å². The van der Waals surface area contributed by atoms with Gasteiger partial charge in [-0.05, 0) is 55.0 Å². The number of aromatic nitrogens is 2. The fourth-order valence-electron chi connectivity index (χ4n) is 3.16. The van der Waals surface area contributed by atoms with Gasteiger partial charge in [0, 0.05) is 12.1 Å². The number of carbonyl (C=O) groups excluding carboxylic acids is 1. The maximum Gasteiger partial charge on any atom is 0.272 e. The molecule has 1 heterocycles. The summed E-state index contributed by atoms with van der Waals surface area (Å²) in [5, 5.41) is 2.97. The highest BCUT2D eigenvalue weighted by Gasteiger charge is 2.12. The molecule has 1 amide bonds. The number of rotatable bonds is 9. The van der Waals surface area contributed by atoms with Crippen LogP contribution in [0, 0.1) is 6.92 Å². The molecule has 0 aliphatic rings. The van der Waals surface area contributed by atoms with Gasteiger partial charge in [0.25, 0.3) is 11.5 Å². The molecule has 29 heavy (non-hydrogen) atoms. The van der Waals surface area contributed by atoms with Gasteiger partial charge in [0.05, 0.1) is 17.6 Å². The van der Waals surface area contributed by atoms with E-state index in [0.717, 1.165) is 29.0 Å². The molecule has 5 nitrogen and oxygen atoms in total. The summed E-state index contributed by atoms with van der Waals surface area (Å²) in [4.78, 5) is 29.6. The van der Waals surface area contributed by atoms with Crippen LogP contribution < -0.4 is 10.9 Å². The summed E-state index contributed by atoms with van der Waals surface area (Å²) in [6, 6.07) is 15.2. The van der Waals surface area contributed by atoms with E-state index < -0.39 is 0 Å². The first-order valence-corrected chi connectivity index (χ1v) is 11.2. The van der Waals surface area contributed by atoms with Crippen molar-refractivity contribution in [2.24, 2.45) is 0 Å². The molecule has 3 rings (SSSR count). The van der Waals surface area contributed by atoms with Gasteiger partial charge < -0.3 is 9.88 Å². The molecule has 0 unspecified atom stereocenters. The summed E-state index contributed by atoms with van der Waals surface area (Å²) in [6.45, 7) is 5.02. The molecule has 2 aromatic carbocycles. The molecule has 0 bridgehead atoms. The number of hydrogen-bond donors (Lipinski definition) is 1. The van der Waals surface area contributed by atoms with E-state index >= 15 is 0 Å². The second-order valence-corrected chi connectivity index (χ2v) is 8.22. The number of benzene rings is 2. The highest BCUT2D eigenvalue weighted by Crippen LogP contribution is 2.15. The number of aryl methyl sites for hydroxylation is 1. The Morgan fingerprint density at radius 2 is 1.93 bits per heavy atom. The largest absolute Gasteiger partial charge is 0.352 e. The zero-order valence-electron chi connectivity index (χ0n) is 17.0. The molecule has 1 aromatic heterocycles. The molecule has 6 heteroatoms. The summed E-state index contributed by atoms with van der Waals surface area (Å²) in [6.07, 6.45) is 2.13. The van der Waals surface area contributed by atoms with Crippen molar-refractivity contribution in [3.05, 3.63) is 75.7 Å². The number of hydrogen-bond acceptors (Lipinski definition) is 4. The van der Waals surface area contributed by atoms with Crippen LogP contribution in [0.2, 0.25) is 0 Å². The van der Waals surface area contributed by atoms with Crippen LogP contribution in [0.1, 0.15) is 41.4 Å². The van der Waals surface area contributed by atoms with E-state index in [1.165, 1.54) is 6.42 Å². The Morgan fingerprint density at radius 3 is 2.69 bits per heavy atom. The lowest BCUT2D eigenvalue weighted by molar-refractivity contribution is 0.0954. The van der Waals surface area contributed by atoms with Gasteiger partial charge in [-0.2, -0.15) is 11.8 Å². The van der Waals surface area contributed by atoms with E-state index in [4.69, 9.17) is 0 Å². The van der Waals surface area contributed by atoms with E-state index in [9.17, 15) is 9.59 Å². The average molecular weight is 410 g/mol. The summed E-state index contributed by atoms with van der Waals surface area (Å²) in [7, 11) is 0.